The van der Waals surface area contributed by atoms with Crippen LogP contribution in [-0.4, -0.2) is 110 Å². The van der Waals surface area contributed by atoms with Gasteiger partial charge in [-0.15, -0.1) is 0 Å². The highest BCUT2D eigenvalue weighted by Crippen LogP contribution is 2.52. The maximum atomic E-state index is 13.2. The zero-order chi connectivity index (χ0) is 52.9. The highest BCUT2D eigenvalue weighted by atomic mass is 16.6. The smallest absolute Gasteiger partial charge is 0.424 e. The number of benzene rings is 2. The quantitative estimate of drug-likeness (QED) is 0.0112. The Morgan fingerprint density at radius 2 is 1.20 bits per heavy atom. The van der Waals surface area contributed by atoms with E-state index in [-0.39, 0.29) is 61.5 Å². The second-order valence-corrected chi connectivity index (χ2v) is 20.9. The Hall–Kier alpha value is -5.88. The van der Waals surface area contributed by atoms with Gasteiger partial charge in [0, 0.05) is 38.7 Å². The van der Waals surface area contributed by atoms with Crippen LogP contribution in [0, 0.1) is 28.6 Å². The summed E-state index contributed by atoms with van der Waals surface area (Å²) in [5.74, 6) is 11.7. The van der Waals surface area contributed by atoms with Crippen LogP contribution in [0.5, 0.6) is 0 Å². The molecule has 0 saturated carbocycles. The van der Waals surface area contributed by atoms with E-state index >= 15 is 0 Å². The Morgan fingerprint density at radius 3 is 1.67 bits per heavy atom. The number of alkyl carbamates (subject to hydrolysis) is 1. The molecule has 2 aromatic carbocycles. The van der Waals surface area contributed by atoms with E-state index in [9.17, 15) is 28.8 Å². The van der Waals surface area contributed by atoms with Crippen molar-refractivity contribution in [3.8, 4) is 11.1 Å². The summed E-state index contributed by atoms with van der Waals surface area (Å²) >= 11 is 0. The number of carbonyl (C=O) groups excluding carboxylic acids is 5. The van der Waals surface area contributed by atoms with Crippen molar-refractivity contribution in [3.05, 3.63) is 72.3 Å². The van der Waals surface area contributed by atoms with Crippen molar-refractivity contribution < 1.29 is 57.6 Å². The van der Waals surface area contributed by atoms with Crippen LogP contribution in [0.4, 0.5) is 19.2 Å². The summed E-state index contributed by atoms with van der Waals surface area (Å²) in [6.07, 6.45) is 2.17. The second-order valence-electron chi connectivity index (χ2n) is 20.9. The maximum absolute atomic E-state index is 13.2. The van der Waals surface area contributed by atoms with Crippen molar-refractivity contribution >= 4 is 36.3 Å². The molecule has 18 nitrogen and oxygen atoms in total. The van der Waals surface area contributed by atoms with E-state index in [4.69, 9.17) is 40.5 Å². The zero-order valence-corrected chi connectivity index (χ0v) is 43.5. The predicted molar refractivity (Wildman–Crippen MR) is 268 cm³/mol. The molecule has 2 atom stereocenters. The first-order valence-corrected chi connectivity index (χ1v) is 24.1. The molecule has 1 aliphatic carbocycles. The van der Waals surface area contributed by atoms with Crippen molar-refractivity contribution in [1.82, 2.24) is 20.7 Å². The predicted octanol–water partition coefficient (Wildman–Crippen LogP) is 8.95. The molecule has 0 heterocycles. The molecule has 392 valence electrons. The van der Waals surface area contributed by atoms with Crippen LogP contribution in [0.15, 0.2) is 61.2 Å². The lowest BCUT2D eigenvalue weighted by Crippen LogP contribution is -2.43. The summed E-state index contributed by atoms with van der Waals surface area (Å²) in [6.45, 7) is 26.5. The normalized spacial score (nSPS) is 13.5. The lowest BCUT2D eigenvalue weighted by atomic mass is 9.73. The molecule has 1 aliphatic rings. The summed E-state index contributed by atoms with van der Waals surface area (Å²) < 4.78 is 26.1. The fraction of sp³-hybridized carbons (Fsp3) is 0.615. The number of ether oxygens (including phenoxy) is 5. The average molecular weight is 983 g/mol. The molecule has 2 aromatic rings. The summed E-state index contributed by atoms with van der Waals surface area (Å²) in [4.78, 5) is 70.0. The number of carbonyl (C=O) groups is 6. The molecular weight excluding hydrogens is 901 g/mol. The lowest BCUT2D eigenvalue weighted by Gasteiger charge is -2.34. The Kier molecular flexibility index (Phi) is 24.2. The molecule has 0 aliphatic heterocycles. The minimum Gasteiger partial charge on any atom is -0.465 e. The Labute approximate surface area is 415 Å². The first-order chi connectivity index (χ1) is 32.7. The Bertz CT molecular complexity index is 1990. The van der Waals surface area contributed by atoms with Gasteiger partial charge in [-0.2, -0.15) is 0 Å². The van der Waals surface area contributed by atoms with Gasteiger partial charge >= 0.3 is 36.3 Å². The second kappa shape index (κ2) is 28.1. The van der Waals surface area contributed by atoms with Crippen LogP contribution in [0.25, 0.3) is 11.1 Å². The minimum absolute atomic E-state index is 0.00579. The maximum Gasteiger partial charge on any atom is 0.424 e. The summed E-state index contributed by atoms with van der Waals surface area (Å²) in [5.41, 5.74) is 3.04. The van der Waals surface area contributed by atoms with Gasteiger partial charge in [-0.05, 0) is 96.8 Å². The molecule has 18 heteroatoms. The standard InChI is InChI=1S/C36H51N3O6.C16H31N3O6/c1-9-31(40)43-23-35(7,8)45-32(41)38-22-26(4)21-34(5,6)18-19-39(37)33(42)44-24-36(20-25(2)3)29-16-12-10-14-27(29)28-15-11-13-17-30(28)36;1-5-13(20)24-8-9-25-15(23)19(17)7-6-16(3,4)10-12(2)11-18-14(21)22/h9-17,25-26H,1,18-24,37H2,2-8H3,(H,38,41);12,18H,5-11,17H2,1-4H3,(H,21,22). The number of nitrogens with one attached hydrogen (secondary N) is 2. The van der Waals surface area contributed by atoms with Crippen LogP contribution < -0.4 is 22.3 Å². The first kappa shape index (κ1) is 60.2. The first-order valence-electron chi connectivity index (χ1n) is 24.1. The van der Waals surface area contributed by atoms with Gasteiger partial charge in [-0.25, -0.2) is 45.7 Å². The number of amides is 4. The molecule has 2 unspecified atom stereocenters. The Balaban J connectivity index is 0.000000571. The van der Waals surface area contributed by atoms with E-state index in [2.05, 4.69) is 69.2 Å². The number of hydrogen-bond acceptors (Lipinski definition) is 13. The number of nitrogens with zero attached hydrogens (tertiary/aromatic N) is 2. The van der Waals surface area contributed by atoms with E-state index in [1.165, 1.54) is 27.3 Å². The van der Waals surface area contributed by atoms with Crippen LogP contribution in [0.3, 0.4) is 0 Å². The van der Waals surface area contributed by atoms with Crippen molar-refractivity contribution in [2.45, 2.75) is 126 Å². The van der Waals surface area contributed by atoms with Gasteiger partial charge in [-0.1, -0.05) is 117 Å². The molecular formula is C52H82N6O12. The lowest BCUT2D eigenvalue weighted by molar-refractivity contribution is -0.144. The highest BCUT2D eigenvalue weighted by molar-refractivity contribution is 5.82. The number of fused-ring (bicyclic) bond motifs is 3. The molecule has 0 fully saturated rings. The van der Waals surface area contributed by atoms with Crippen molar-refractivity contribution in [3.63, 3.8) is 0 Å². The number of hydrazine groups is 2. The molecule has 0 radical (unpaired) electrons. The highest BCUT2D eigenvalue weighted by Gasteiger charge is 2.44. The van der Waals surface area contributed by atoms with Crippen LogP contribution in [0.1, 0.15) is 126 Å². The van der Waals surface area contributed by atoms with Gasteiger partial charge in [0.15, 0.2) is 0 Å². The van der Waals surface area contributed by atoms with Crippen molar-refractivity contribution in [2.24, 2.45) is 40.3 Å². The number of hydrogen-bond donors (Lipinski definition) is 5. The van der Waals surface area contributed by atoms with Gasteiger partial charge in [0.2, 0.25) is 0 Å². The third-order valence-electron chi connectivity index (χ3n) is 11.9. The van der Waals surface area contributed by atoms with Gasteiger partial charge < -0.3 is 39.4 Å². The molecule has 4 amide bonds. The number of esters is 2. The fourth-order valence-corrected chi connectivity index (χ4v) is 8.69. The summed E-state index contributed by atoms with van der Waals surface area (Å²) in [5, 5.41) is 15.9. The van der Waals surface area contributed by atoms with Gasteiger partial charge in [-0.3, -0.25) is 4.79 Å². The number of nitrogens with two attached hydrogens (primary N) is 2. The van der Waals surface area contributed by atoms with E-state index in [0.717, 1.165) is 30.3 Å². The zero-order valence-electron chi connectivity index (χ0n) is 43.5. The molecule has 7 N–H and O–H groups in total. The van der Waals surface area contributed by atoms with E-state index < -0.39 is 41.4 Å². The Morgan fingerprint density at radius 1 is 0.729 bits per heavy atom. The SMILES string of the molecule is C=CC(=O)OCC(C)(C)OC(=O)NCC(C)CC(C)(C)CCN(N)C(=O)OCC1(CC(C)C)c2ccccc2-c2ccccc21.CCC(=O)OCCOC(=O)N(N)CCC(C)(C)CC(C)CNC(=O)O. The van der Waals surface area contributed by atoms with Crippen LogP contribution in [-0.2, 0) is 38.7 Å². The number of carboxylic acid groups (broad SMARTS) is 1. The molecule has 3 rings (SSSR count). The van der Waals surface area contributed by atoms with Crippen LogP contribution >= 0.6 is 0 Å². The third-order valence-corrected chi connectivity index (χ3v) is 11.9. The molecule has 0 spiro atoms. The number of rotatable bonds is 26. The van der Waals surface area contributed by atoms with Gasteiger partial charge in [0.1, 0.15) is 32.0 Å². The van der Waals surface area contributed by atoms with Crippen molar-refractivity contribution in [1.29, 1.82) is 0 Å². The van der Waals surface area contributed by atoms with Crippen molar-refractivity contribution in [2.75, 3.05) is 52.6 Å². The molecule has 0 aromatic heterocycles. The molecule has 0 bridgehead atoms. The van der Waals surface area contributed by atoms with E-state index in [1.807, 2.05) is 52.0 Å². The molecule has 0 saturated heterocycles. The van der Waals surface area contributed by atoms with Gasteiger partial charge in [0.25, 0.3) is 0 Å². The van der Waals surface area contributed by atoms with Gasteiger partial charge in [0.05, 0.1) is 5.41 Å². The summed E-state index contributed by atoms with van der Waals surface area (Å²) in [7, 11) is 0. The fourth-order valence-electron chi connectivity index (χ4n) is 8.69. The third kappa shape index (κ3) is 21.0. The topological polar surface area (TPSA) is 251 Å². The van der Waals surface area contributed by atoms with Crippen LogP contribution in [0.2, 0.25) is 0 Å². The van der Waals surface area contributed by atoms with E-state index in [1.54, 1.807) is 20.8 Å². The molecule has 70 heavy (non-hydrogen) atoms. The minimum atomic E-state index is -1.04. The largest absolute Gasteiger partial charge is 0.465 e. The summed E-state index contributed by atoms with van der Waals surface area (Å²) in [6, 6.07) is 16.8. The average Bonchev–Trinajstić information content (AvgIpc) is 3.56. The van der Waals surface area contributed by atoms with E-state index in [0.29, 0.717) is 44.9 Å². The monoisotopic (exact) mass is 983 g/mol.